The first-order valence-electron chi connectivity index (χ1n) is 6.99. The van der Waals surface area contributed by atoms with Gasteiger partial charge >= 0.3 is 7.12 Å². The van der Waals surface area contributed by atoms with E-state index in [0.29, 0.717) is 11.9 Å². The average Bonchev–Trinajstić information content (AvgIpc) is 2.74. The molecular weight excluding hydrogens is 261 g/mol. The number of halogens is 2. The number of rotatable bonds is 1. The van der Waals surface area contributed by atoms with Crippen LogP contribution in [0.4, 0.5) is 8.78 Å². The molecule has 0 spiro atoms. The third kappa shape index (κ3) is 1.99. The standard InChI is InChI=1S/C15H19BF2O2/c1-13(2)14(3,4)20-16(19-13)11-6-5-10-7-8-15(17,18)12(10)9-11/h5-6,9H,7-8H2,1-4H3. The summed E-state index contributed by atoms with van der Waals surface area (Å²) in [5, 5.41) is 0. The highest BCUT2D eigenvalue weighted by atomic mass is 19.3. The Morgan fingerprint density at radius 3 is 2.25 bits per heavy atom. The van der Waals surface area contributed by atoms with Gasteiger partial charge < -0.3 is 9.31 Å². The Kier molecular flexibility index (Phi) is 2.84. The van der Waals surface area contributed by atoms with E-state index < -0.39 is 24.2 Å². The molecule has 1 aliphatic carbocycles. The maximum absolute atomic E-state index is 13.8. The molecular formula is C15H19BF2O2. The van der Waals surface area contributed by atoms with Gasteiger partial charge in [-0.1, -0.05) is 18.2 Å². The predicted molar refractivity (Wildman–Crippen MR) is 74.4 cm³/mol. The number of benzene rings is 1. The molecule has 0 radical (unpaired) electrons. The van der Waals surface area contributed by atoms with Crippen LogP contribution in [0, 0.1) is 0 Å². The van der Waals surface area contributed by atoms with Crippen molar-refractivity contribution in [3.63, 3.8) is 0 Å². The zero-order valence-corrected chi connectivity index (χ0v) is 12.3. The predicted octanol–water partition coefficient (Wildman–Crippen LogP) is 3.02. The molecule has 1 aromatic rings. The highest BCUT2D eigenvalue weighted by molar-refractivity contribution is 6.62. The second-order valence-corrected chi connectivity index (χ2v) is 6.71. The van der Waals surface area contributed by atoms with Crippen molar-refractivity contribution in [2.24, 2.45) is 0 Å². The lowest BCUT2D eigenvalue weighted by atomic mass is 9.78. The first kappa shape index (κ1) is 14.0. The summed E-state index contributed by atoms with van der Waals surface area (Å²) in [5.41, 5.74) is 0.613. The highest BCUT2D eigenvalue weighted by Crippen LogP contribution is 2.42. The van der Waals surface area contributed by atoms with Crippen LogP contribution in [-0.2, 0) is 21.7 Å². The number of aryl methyl sites for hydroxylation is 1. The van der Waals surface area contributed by atoms with Crippen LogP contribution in [0.5, 0.6) is 0 Å². The Labute approximate surface area is 118 Å². The molecule has 0 unspecified atom stereocenters. The molecule has 2 nitrogen and oxygen atoms in total. The van der Waals surface area contributed by atoms with Gasteiger partial charge in [-0.3, -0.25) is 0 Å². The van der Waals surface area contributed by atoms with E-state index in [0.717, 1.165) is 5.56 Å². The molecule has 1 saturated heterocycles. The molecule has 0 atom stereocenters. The van der Waals surface area contributed by atoms with Crippen LogP contribution in [0.3, 0.4) is 0 Å². The van der Waals surface area contributed by atoms with Crippen molar-refractivity contribution in [1.29, 1.82) is 0 Å². The summed E-state index contributed by atoms with van der Waals surface area (Å²) in [4.78, 5) is 0. The molecule has 0 N–H and O–H groups in total. The average molecular weight is 280 g/mol. The summed E-state index contributed by atoms with van der Waals surface area (Å²) in [5.74, 6) is -2.73. The first-order chi connectivity index (χ1) is 9.12. The summed E-state index contributed by atoms with van der Waals surface area (Å²) < 4.78 is 39.5. The molecule has 0 saturated carbocycles. The van der Waals surface area contributed by atoms with Gasteiger partial charge in [-0.15, -0.1) is 0 Å². The van der Waals surface area contributed by atoms with Crippen molar-refractivity contribution in [1.82, 2.24) is 0 Å². The second-order valence-electron chi connectivity index (χ2n) is 6.71. The molecule has 0 amide bonds. The van der Waals surface area contributed by atoms with Crippen molar-refractivity contribution >= 4 is 12.6 Å². The fraction of sp³-hybridized carbons (Fsp3) is 0.600. The summed E-state index contributed by atoms with van der Waals surface area (Å²) in [6, 6.07) is 5.16. The molecule has 0 aromatic heterocycles. The van der Waals surface area contributed by atoms with Gasteiger partial charge in [-0.2, -0.15) is 0 Å². The van der Waals surface area contributed by atoms with E-state index in [-0.39, 0.29) is 12.0 Å². The Morgan fingerprint density at radius 1 is 1.05 bits per heavy atom. The van der Waals surface area contributed by atoms with E-state index in [4.69, 9.17) is 9.31 Å². The lowest BCUT2D eigenvalue weighted by Gasteiger charge is -2.32. The SMILES string of the molecule is CC1(C)OB(c2ccc3c(c2)C(F)(F)CC3)OC1(C)C. The van der Waals surface area contributed by atoms with Gasteiger partial charge in [0.15, 0.2) is 0 Å². The van der Waals surface area contributed by atoms with Crippen molar-refractivity contribution < 1.29 is 18.1 Å². The summed E-state index contributed by atoms with van der Waals surface area (Å²) >= 11 is 0. The molecule has 5 heteroatoms. The number of fused-ring (bicyclic) bond motifs is 1. The second kappa shape index (κ2) is 4.04. The highest BCUT2D eigenvalue weighted by Gasteiger charge is 2.52. The third-order valence-electron chi connectivity index (χ3n) is 4.76. The largest absolute Gasteiger partial charge is 0.494 e. The first-order valence-corrected chi connectivity index (χ1v) is 6.99. The minimum Gasteiger partial charge on any atom is -0.399 e. The molecule has 20 heavy (non-hydrogen) atoms. The van der Waals surface area contributed by atoms with Gasteiger partial charge in [-0.25, -0.2) is 8.78 Å². The normalized spacial score (nSPS) is 25.8. The Bertz CT molecular complexity index is 539. The van der Waals surface area contributed by atoms with Crippen LogP contribution in [0.15, 0.2) is 18.2 Å². The van der Waals surface area contributed by atoms with Gasteiger partial charge in [0.1, 0.15) is 0 Å². The molecule has 0 bridgehead atoms. The minimum absolute atomic E-state index is 0.102. The van der Waals surface area contributed by atoms with Crippen molar-refractivity contribution in [3.8, 4) is 0 Å². The van der Waals surface area contributed by atoms with Crippen LogP contribution in [0.2, 0.25) is 0 Å². The molecule has 3 rings (SSSR count). The Hall–Kier alpha value is -0.935. The Balaban J connectivity index is 1.94. The number of hydrogen-bond acceptors (Lipinski definition) is 2. The van der Waals surface area contributed by atoms with Crippen molar-refractivity contribution in [2.75, 3.05) is 0 Å². The Morgan fingerprint density at radius 2 is 1.65 bits per heavy atom. The van der Waals surface area contributed by atoms with Crippen LogP contribution >= 0.6 is 0 Å². The lowest BCUT2D eigenvalue weighted by Crippen LogP contribution is -2.41. The maximum atomic E-state index is 13.8. The fourth-order valence-electron chi connectivity index (χ4n) is 2.70. The quantitative estimate of drug-likeness (QED) is 0.736. The van der Waals surface area contributed by atoms with Crippen LogP contribution in [0.1, 0.15) is 45.2 Å². The summed E-state index contributed by atoms with van der Waals surface area (Å²) in [6.45, 7) is 7.81. The molecule has 108 valence electrons. The topological polar surface area (TPSA) is 18.5 Å². The molecule has 1 aromatic carbocycles. The van der Waals surface area contributed by atoms with E-state index in [1.165, 1.54) is 0 Å². The van der Waals surface area contributed by atoms with E-state index in [2.05, 4.69) is 0 Å². The van der Waals surface area contributed by atoms with Crippen LogP contribution < -0.4 is 5.46 Å². The summed E-state index contributed by atoms with van der Waals surface area (Å²) in [6.07, 6.45) is 0.334. The summed E-state index contributed by atoms with van der Waals surface area (Å²) in [7, 11) is -0.582. The van der Waals surface area contributed by atoms with Crippen LogP contribution in [0.25, 0.3) is 0 Å². The number of hydrogen-bond donors (Lipinski definition) is 0. The van der Waals surface area contributed by atoms with Crippen molar-refractivity contribution in [2.45, 2.75) is 57.7 Å². The zero-order chi connectivity index (χ0) is 14.8. The molecule has 2 aliphatic rings. The maximum Gasteiger partial charge on any atom is 0.494 e. The van der Waals surface area contributed by atoms with E-state index >= 15 is 0 Å². The molecule has 1 heterocycles. The molecule has 1 aliphatic heterocycles. The van der Waals surface area contributed by atoms with Gasteiger partial charge in [0.2, 0.25) is 0 Å². The number of alkyl halides is 2. The monoisotopic (exact) mass is 280 g/mol. The molecule has 1 fully saturated rings. The van der Waals surface area contributed by atoms with E-state index in [1.54, 1.807) is 12.1 Å². The van der Waals surface area contributed by atoms with Gasteiger partial charge in [-0.05, 0) is 45.1 Å². The third-order valence-corrected chi connectivity index (χ3v) is 4.76. The van der Waals surface area contributed by atoms with E-state index in [1.807, 2.05) is 33.8 Å². The van der Waals surface area contributed by atoms with Gasteiger partial charge in [0, 0.05) is 12.0 Å². The fourth-order valence-corrected chi connectivity index (χ4v) is 2.70. The van der Waals surface area contributed by atoms with Crippen LogP contribution in [-0.4, -0.2) is 18.3 Å². The minimum atomic E-state index is -2.73. The van der Waals surface area contributed by atoms with Gasteiger partial charge in [0.25, 0.3) is 5.92 Å². The van der Waals surface area contributed by atoms with Gasteiger partial charge in [0.05, 0.1) is 11.2 Å². The van der Waals surface area contributed by atoms with E-state index in [9.17, 15) is 8.78 Å². The lowest BCUT2D eigenvalue weighted by molar-refractivity contribution is -0.00178. The smallest absolute Gasteiger partial charge is 0.399 e. The zero-order valence-electron chi connectivity index (χ0n) is 12.3. The van der Waals surface area contributed by atoms with Crippen molar-refractivity contribution in [3.05, 3.63) is 29.3 Å².